The Morgan fingerprint density at radius 2 is 2.00 bits per heavy atom. The maximum atomic E-state index is 12.4. The highest BCUT2D eigenvalue weighted by atomic mass is 16.1. The lowest BCUT2D eigenvalue weighted by molar-refractivity contribution is 0.0951. The predicted octanol–water partition coefficient (Wildman–Crippen LogP) is 3.38. The van der Waals surface area contributed by atoms with Crippen molar-refractivity contribution in [3.8, 4) is 0 Å². The molecule has 1 saturated carbocycles. The minimum Gasteiger partial charge on any atom is -0.348 e. The van der Waals surface area contributed by atoms with Crippen molar-refractivity contribution in [3.05, 3.63) is 65.5 Å². The van der Waals surface area contributed by atoms with Gasteiger partial charge in [0.2, 0.25) is 0 Å². The molecule has 0 spiro atoms. The third-order valence-corrected chi connectivity index (χ3v) is 4.42. The third kappa shape index (κ3) is 2.72. The van der Waals surface area contributed by atoms with Crippen LogP contribution in [0.25, 0.3) is 11.0 Å². The minimum absolute atomic E-state index is 0.0608. The van der Waals surface area contributed by atoms with E-state index in [0.717, 1.165) is 22.4 Å². The molecular formula is C19H19N3O. The lowest BCUT2D eigenvalue weighted by Crippen LogP contribution is -2.22. The van der Waals surface area contributed by atoms with E-state index >= 15 is 0 Å². The van der Waals surface area contributed by atoms with Crippen LogP contribution in [0.2, 0.25) is 0 Å². The number of rotatable bonds is 4. The molecule has 0 atom stereocenters. The number of amides is 1. The van der Waals surface area contributed by atoms with Crippen molar-refractivity contribution >= 4 is 16.9 Å². The fraction of sp³-hybridized carbons (Fsp3) is 0.263. The lowest BCUT2D eigenvalue weighted by Gasteiger charge is -2.05. The second-order valence-corrected chi connectivity index (χ2v) is 6.18. The number of hydrogen-bond acceptors (Lipinski definition) is 2. The van der Waals surface area contributed by atoms with E-state index in [0.29, 0.717) is 18.0 Å². The van der Waals surface area contributed by atoms with Crippen LogP contribution in [0, 0.1) is 0 Å². The molecule has 1 N–H and O–H groups in total. The molecule has 3 aromatic rings. The Kier molecular flexibility index (Phi) is 3.37. The fourth-order valence-corrected chi connectivity index (χ4v) is 2.95. The molecule has 4 nitrogen and oxygen atoms in total. The molecule has 0 unspecified atom stereocenters. The fourth-order valence-electron chi connectivity index (χ4n) is 2.95. The van der Waals surface area contributed by atoms with Gasteiger partial charge < -0.3 is 9.88 Å². The molecule has 4 heteroatoms. The first-order chi connectivity index (χ1) is 11.2. The van der Waals surface area contributed by atoms with Gasteiger partial charge >= 0.3 is 0 Å². The number of carbonyl (C=O) groups is 1. The molecule has 0 bridgehead atoms. The molecule has 23 heavy (non-hydrogen) atoms. The van der Waals surface area contributed by atoms with Gasteiger partial charge in [0.15, 0.2) is 0 Å². The number of carbonyl (C=O) groups excluding carboxylic acids is 1. The smallest absolute Gasteiger partial charge is 0.251 e. The molecular weight excluding hydrogens is 286 g/mol. The van der Waals surface area contributed by atoms with Crippen molar-refractivity contribution in [2.24, 2.45) is 7.05 Å². The Hall–Kier alpha value is -2.62. The molecule has 2 aromatic carbocycles. The number of benzene rings is 2. The third-order valence-electron chi connectivity index (χ3n) is 4.42. The zero-order valence-electron chi connectivity index (χ0n) is 13.1. The Labute approximate surface area is 135 Å². The summed E-state index contributed by atoms with van der Waals surface area (Å²) in [5.41, 5.74) is 3.75. The number of nitrogens with one attached hydrogen (secondary N) is 1. The van der Waals surface area contributed by atoms with E-state index in [1.165, 1.54) is 12.8 Å². The molecule has 1 aliphatic carbocycles. The summed E-state index contributed by atoms with van der Waals surface area (Å²) in [5, 5.41) is 2.96. The van der Waals surface area contributed by atoms with Gasteiger partial charge in [0.25, 0.3) is 5.91 Å². The summed E-state index contributed by atoms with van der Waals surface area (Å²) in [6.07, 6.45) is 2.45. The molecule has 4 rings (SSSR count). The van der Waals surface area contributed by atoms with Gasteiger partial charge in [-0.15, -0.1) is 0 Å². The summed E-state index contributed by atoms with van der Waals surface area (Å²) < 4.78 is 2.15. The van der Waals surface area contributed by atoms with Gasteiger partial charge in [0.1, 0.15) is 5.82 Å². The summed E-state index contributed by atoms with van der Waals surface area (Å²) in [6.45, 7) is 0.535. The zero-order valence-corrected chi connectivity index (χ0v) is 13.1. The van der Waals surface area contributed by atoms with E-state index in [1.807, 2.05) is 48.5 Å². The van der Waals surface area contributed by atoms with Gasteiger partial charge in [-0.3, -0.25) is 4.79 Å². The number of aromatic nitrogens is 2. The van der Waals surface area contributed by atoms with E-state index in [2.05, 4.69) is 16.9 Å². The van der Waals surface area contributed by atoms with Crippen LogP contribution in [0.3, 0.4) is 0 Å². The summed E-state index contributed by atoms with van der Waals surface area (Å²) in [4.78, 5) is 17.1. The van der Waals surface area contributed by atoms with E-state index in [-0.39, 0.29) is 5.91 Å². The van der Waals surface area contributed by atoms with Crippen molar-refractivity contribution in [2.75, 3.05) is 0 Å². The highest BCUT2D eigenvalue weighted by Gasteiger charge is 2.28. The standard InChI is InChI=1S/C19H19N3O/c1-22-17-10-9-15(11-16(17)21-18(22)14-7-8-14)19(23)20-12-13-5-3-2-4-6-13/h2-6,9-11,14H,7-8,12H2,1H3,(H,20,23). The highest BCUT2D eigenvalue weighted by Crippen LogP contribution is 2.40. The molecule has 0 radical (unpaired) electrons. The van der Waals surface area contributed by atoms with Crippen LogP contribution in [0.15, 0.2) is 48.5 Å². The Balaban J connectivity index is 1.55. The lowest BCUT2D eigenvalue weighted by atomic mass is 10.1. The van der Waals surface area contributed by atoms with Crippen LogP contribution in [0.1, 0.15) is 40.5 Å². The van der Waals surface area contributed by atoms with Crippen molar-refractivity contribution in [1.29, 1.82) is 0 Å². The Morgan fingerprint density at radius 3 is 2.74 bits per heavy atom. The molecule has 0 aliphatic heterocycles. The van der Waals surface area contributed by atoms with Crippen LogP contribution < -0.4 is 5.32 Å². The summed E-state index contributed by atoms with van der Waals surface area (Å²) in [7, 11) is 2.05. The molecule has 116 valence electrons. The van der Waals surface area contributed by atoms with Gasteiger partial charge in [-0.1, -0.05) is 30.3 Å². The molecule has 1 fully saturated rings. The Bertz CT molecular complexity index is 863. The first-order valence-corrected chi connectivity index (χ1v) is 8.01. The second kappa shape index (κ2) is 5.54. The van der Waals surface area contributed by atoms with E-state index in [4.69, 9.17) is 4.98 Å². The van der Waals surface area contributed by atoms with Crippen molar-refractivity contribution in [2.45, 2.75) is 25.3 Å². The quantitative estimate of drug-likeness (QED) is 0.803. The average molecular weight is 305 g/mol. The van der Waals surface area contributed by atoms with Crippen LogP contribution >= 0.6 is 0 Å². The molecule has 1 aromatic heterocycles. The van der Waals surface area contributed by atoms with Gasteiger partial charge in [0.05, 0.1) is 11.0 Å². The molecule has 0 saturated heterocycles. The SMILES string of the molecule is Cn1c(C2CC2)nc2cc(C(=O)NCc3ccccc3)ccc21. The number of nitrogens with zero attached hydrogens (tertiary/aromatic N) is 2. The number of aryl methyl sites for hydroxylation is 1. The van der Waals surface area contributed by atoms with Gasteiger partial charge in [-0.05, 0) is 36.6 Å². The van der Waals surface area contributed by atoms with E-state index < -0.39 is 0 Å². The largest absolute Gasteiger partial charge is 0.348 e. The number of hydrogen-bond donors (Lipinski definition) is 1. The van der Waals surface area contributed by atoms with Gasteiger partial charge in [0, 0.05) is 25.1 Å². The van der Waals surface area contributed by atoms with E-state index in [1.54, 1.807) is 0 Å². The normalized spacial score (nSPS) is 14.1. The van der Waals surface area contributed by atoms with Gasteiger partial charge in [-0.2, -0.15) is 0 Å². The van der Waals surface area contributed by atoms with Crippen LogP contribution in [0.4, 0.5) is 0 Å². The van der Waals surface area contributed by atoms with Crippen LogP contribution in [0.5, 0.6) is 0 Å². The molecule has 1 heterocycles. The zero-order chi connectivity index (χ0) is 15.8. The van der Waals surface area contributed by atoms with Crippen LogP contribution in [-0.4, -0.2) is 15.5 Å². The topological polar surface area (TPSA) is 46.9 Å². The summed E-state index contributed by atoms with van der Waals surface area (Å²) in [5.74, 6) is 1.68. The average Bonchev–Trinajstić information content (AvgIpc) is 3.38. The van der Waals surface area contributed by atoms with Crippen molar-refractivity contribution in [3.63, 3.8) is 0 Å². The molecule has 1 amide bonds. The predicted molar refractivity (Wildman–Crippen MR) is 90.3 cm³/mol. The first kappa shape index (κ1) is 14.0. The Morgan fingerprint density at radius 1 is 1.22 bits per heavy atom. The maximum Gasteiger partial charge on any atom is 0.251 e. The minimum atomic E-state index is -0.0608. The molecule has 1 aliphatic rings. The van der Waals surface area contributed by atoms with E-state index in [9.17, 15) is 4.79 Å². The number of imidazole rings is 1. The van der Waals surface area contributed by atoms with Crippen molar-refractivity contribution < 1.29 is 4.79 Å². The summed E-state index contributed by atoms with van der Waals surface area (Å²) >= 11 is 0. The summed E-state index contributed by atoms with van der Waals surface area (Å²) in [6, 6.07) is 15.7. The highest BCUT2D eigenvalue weighted by molar-refractivity contribution is 5.97. The maximum absolute atomic E-state index is 12.4. The first-order valence-electron chi connectivity index (χ1n) is 8.01. The number of fused-ring (bicyclic) bond motifs is 1. The second-order valence-electron chi connectivity index (χ2n) is 6.18. The monoisotopic (exact) mass is 305 g/mol. The van der Waals surface area contributed by atoms with Crippen molar-refractivity contribution in [1.82, 2.24) is 14.9 Å². The van der Waals surface area contributed by atoms with Gasteiger partial charge in [-0.25, -0.2) is 4.98 Å². The van der Waals surface area contributed by atoms with Crippen LogP contribution in [-0.2, 0) is 13.6 Å².